The van der Waals surface area contributed by atoms with Crippen molar-refractivity contribution >= 4 is 0 Å². The predicted octanol–water partition coefficient (Wildman–Crippen LogP) is 2.91. The molecule has 0 aliphatic heterocycles. The van der Waals surface area contributed by atoms with Crippen molar-refractivity contribution in [3.63, 3.8) is 0 Å². The van der Waals surface area contributed by atoms with E-state index in [0.717, 1.165) is 13.1 Å². The van der Waals surface area contributed by atoms with E-state index in [9.17, 15) is 5.11 Å². The topological polar surface area (TPSA) is 23.5 Å². The Kier molecular flexibility index (Phi) is 6.23. The molecule has 0 aromatic carbocycles. The summed E-state index contributed by atoms with van der Waals surface area (Å²) < 4.78 is 0. The highest BCUT2D eigenvalue weighted by Crippen LogP contribution is 2.21. The summed E-state index contributed by atoms with van der Waals surface area (Å²) in [7, 11) is 0. The zero-order chi connectivity index (χ0) is 13.7. The van der Waals surface area contributed by atoms with Crippen LogP contribution in [0, 0.1) is 17.3 Å². The number of likely N-dealkylation sites (N-methyl/N-ethyl adjacent to an activating group) is 1. The first-order chi connectivity index (χ1) is 7.65. The number of aliphatic hydroxyl groups excluding tert-OH is 1. The molecule has 0 amide bonds. The third-order valence-electron chi connectivity index (χ3n) is 3.15. The van der Waals surface area contributed by atoms with Crippen molar-refractivity contribution in [2.75, 3.05) is 13.1 Å². The molecule has 0 spiro atoms. The van der Waals surface area contributed by atoms with E-state index in [1.807, 2.05) is 0 Å². The Morgan fingerprint density at radius 2 is 1.53 bits per heavy atom. The van der Waals surface area contributed by atoms with Gasteiger partial charge in [0.25, 0.3) is 0 Å². The van der Waals surface area contributed by atoms with Crippen LogP contribution in [0.4, 0.5) is 0 Å². The molecule has 1 unspecified atom stereocenters. The first-order valence-corrected chi connectivity index (χ1v) is 6.58. The molecule has 17 heavy (non-hydrogen) atoms. The van der Waals surface area contributed by atoms with Crippen LogP contribution in [-0.2, 0) is 0 Å². The summed E-state index contributed by atoms with van der Waals surface area (Å²) in [5, 5.41) is 10.3. The largest absolute Gasteiger partial charge is 0.390 e. The minimum atomic E-state index is -0.405. The first-order valence-electron chi connectivity index (χ1n) is 6.58. The Morgan fingerprint density at radius 3 is 1.88 bits per heavy atom. The van der Waals surface area contributed by atoms with Gasteiger partial charge in [-0.2, -0.15) is 0 Å². The molecule has 0 fully saturated rings. The molecule has 0 radical (unpaired) electrons. The number of hydrogen-bond acceptors (Lipinski definition) is 2. The third-order valence-corrected chi connectivity index (χ3v) is 3.15. The average Bonchev–Trinajstić information content (AvgIpc) is 2.16. The maximum atomic E-state index is 10.3. The van der Waals surface area contributed by atoms with Crippen LogP contribution in [0.15, 0.2) is 0 Å². The van der Waals surface area contributed by atoms with Crippen LogP contribution >= 0.6 is 0 Å². The molecule has 0 rings (SSSR count). The zero-order valence-corrected chi connectivity index (χ0v) is 12.6. The Balaban J connectivity index is 4.57. The van der Waals surface area contributed by atoms with E-state index in [0.29, 0.717) is 6.42 Å². The van der Waals surface area contributed by atoms with Crippen LogP contribution in [0.5, 0.6) is 0 Å². The van der Waals surface area contributed by atoms with Gasteiger partial charge in [0.2, 0.25) is 0 Å². The molecule has 100 valence electrons. The molecule has 2 nitrogen and oxygen atoms in total. The SMILES string of the molecule is CCN(CC)C(C)(C)C(O)CC#CC(C)(C)C. The molecular formula is C15H29NO. The molecule has 1 atom stereocenters. The maximum Gasteiger partial charge on any atom is 0.0827 e. The summed E-state index contributed by atoms with van der Waals surface area (Å²) in [6.07, 6.45) is 0.137. The van der Waals surface area contributed by atoms with Gasteiger partial charge in [-0.25, -0.2) is 0 Å². The van der Waals surface area contributed by atoms with Crippen LogP contribution in [0.3, 0.4) is 0 Å². The molecule has 1 N–H and O–H groups in total. The van der Waals surface area contributed by atoms with E-state index in [1.165, 1.54) is 0 Å². The number of nitrogens with zero attached hydrogens (tertiary/aromatic N) is 1. The van der Waals surface area contributed by atoms with Gasteiger partial charge in [0.15, 0.2) is 0 Å². The Morgan fingerprint density at radius 1 is 1.06 bits per heavy atom. The van der Waals surface area contributed by atoms with Gasteiger partial charge in [-0.3, -0.25) is 4.90 Å². The highest BCUT2D eigenvalue weighted by Gasteiger charge is 2.31. The smallest absolute Gasteiger partial charge is 0.0827 e. The molecule has 2 heteroatoms. The summed E-state index contributed by atoms with van der Waals surface area (Å²) in [6.45, 7) is 16.6. The van der Waals surface area contributed by atoms with Crippen molar-refractivity contribution < 1.29 is 5.11 Å². The van der Waals surface area contributed by atoms with Crippen molar-refractivity contribution in [3.05, 3.63) is 0 Å². The summed E-state index contributed by atoms with van der Waals surface area (Å²) in [4.78, 5) is 2.27. The normalized spacial score (nSPS) is 14.4. The van der Waals surface area contributed by atoms with E-state index >= 15 is 0 Å². The van der Waals surface area contributed by atoms with Gasteiger partial charge in [0, 0.05) is 17.4 Å². The van der Waals surface area contributed by atoms with Crippen molar-refractivity contribution in [3.8, 4) is 11.8 Å². The molecule has 0 aliphatic carbocycles. The maximum absolute atomic E-state index is 10.3. The van der Waals surface area contributed by atoms with Crippen LogP contribution in [0.25, 0.3) is 0 Å². The third kappa shape index (κ3) is 5.57. The fraction of sp³-hybridized carbons (Fsp3) is 0.867. The molecule has 0 aromatic rings. The van der Waals surface area contributed by atoms with Gasteiger partial charge < -0.3 is 5.11 Å². The van der Waals surface area contributed by atoms with Gasteiger partial charge >= 0.3 is 0 Å². The highest BCUT2D eigenvalue weighted by atomic mass is 16.3. The monoisotopic (exact) mass is 239 g/mol. The second kappa shape index (κ2) is 6.42. The molecule has 0 saturated heterocycles. The summed E-state index contributed by atoms with van der Waals surface area (Å²) >= 11 is 0. The van der Waals surface area contributed by atoms with Crippen molar-refractivity contribution in [1.29, 1.82) is 0 Å². The van der Waals surface area contributed by atoms with E-state index < -0.39 is 6.10 Å². The Bertz CT molecular complexity index is 274. The molecule has 0 heterocycles. The van der Waals surface area contributed by atoms with Crippen LogP contribution < -0.4 is 0 Å². The van der Waals surface area contributed by atoms with E-state index in [1.54, 1.807) is 0 Å². The standard InChI is InChI=1S/C15H29NO/c1-8-16(9-2)15(6,7)13(17)11-10-12-14(3,4)5/h13,17H,8-9,11H2,1-7H3. The second-order valence-corrected chi connectivity index (χ2v) is 6.10. The highest BCUT2D eigenvalue weighted by molar-refractivity contribution is 5.09. The van der Waals surface area contributed by atoms with Gasteiger partial charge in [-0.05, 0) is 47.7 Å². The van der Waals surface area contributed by atoms with Crippen molar-refractivity contribution in [2.24, 2.45) is 5.41 Å². The van der Waals surface area contributed by atoms with Gasteiger partial charge in [0.05, 0.1) is 6.10 Å². The lowest BCUT2D eigenvalue weighted by atomic mass is 9.91. The zero-order valence-electron chi connectivity index (χ0n) is 12.6. The quantitative estimate of drug-likeness (QED) is 0.746. The second-order valence-electron chi connectivity index (χ2n) is 6.10. The number of hydrogen-bond donors (Lipinski definition) is 1. The van der Waals surface area contributed by atoms with Crippen molar-refractivity contribution in [2.45, 2.75) is 66.5 Å². The number of rotatable bonds is 5. The molecule has 0 aliphatic rings. The fourth-order valence-electron chi connectivity index (χ4n) is 1.91. The summed E-state index contributed by atoms with van der Waals surface area (Å²) in [6, 6.07) is 0. The van der Waals surface area contributed by atoms with Crippen LogP contribution in [0.1, 0.15) is 54.9 Å². The average molecular weight is 239 g/mol. The minimum absolute atomic E-state index is 0.0130. The van der Waals surface area contributed by atoms with Gasteiger partial charge in [-0.15, -0.1) is 0 Å². The molecule has 0 saturated carbocycles. The van der Waals surface area contributed by atoms with E-state index in [4.69, 9.17) is 0 Å². The minimum Gasteiger partial charge on any atom is -0.390 e. The van der Waals surface area contributed by atoms with E-state index in [2.05, 4.69) is 65.2 Å². The molecule has 0 bridgehead atoms. The Labute approximate surface area is 107 Å². The van der Waals surface area contributed by atoms with Crippen LogP contribution in [-0.4, -0.2) is 34.7 Å². The van der Waals surface area contributed by atoms with Crippen molar-refractivity contribution in [1.82, 2.24) is 4.90 Å². The summed E-state index contributed by atoms with van der Waals surface area (Å²) in [5.41, 5.74) is -0.199. The predicted molar refractivity (Wildman–Crippen MR) is 74.9 cm³/mol. The van der Waals surface area contributed by atoms with E-state index in [-0.39, 0.29) is 11.0 Å². The van der Waals surface area contributed by atoms with Gasteiger partial charge in [-0.1, -0.05) is 25.7 Å². The lowest BCUT2D eigenvalue weighted by Gasteiger charge is -2.40. The lowest BCUT2D eigenvalue weighted by Crippen LogP contribution is -2.52. The van der Waals surface area contributed by atoms with Crippen LogP contribution in [0.2, 0.25) is 0 Å². The molecule has 0 aromatic heterocycles. The fourth-order valence-corrected chi connectivity index (χ4v) is 1.91. The van der Waals surface area contributed by atoms with Gasteiger partial charge in [0.1, 0.15) is 0 Å². The summed E-state index contributed by atoms with van der Waals surface area (Å²) in [5.74, 6) is 6.28. The number of aliphatic hydroxyl groups is 1. The Hall–Kier alpha value is -0.520. The molecular weight excluding hydrogens is 210 g/mol. The first kappa shape index (κ1) is 16.5. The lowest BCUT2D eigenvalue weighted by molar-refractivity contribution is -0.00153.